The first-order chi connectivity index (χ1) is 13.6. The van der Waals surface area contributed by atoms with Gasteiger partial charge < -0.3 is 0 Å². The van der Waals surface area contributed by atoms with Crippen LogP contribution < -0.4 is 0 Å². The summed E-state index contributed by atoms with van der Waals surface area (Å²) in [5, 5.41) is 11.8. The molecule has 2 aromatic rings. The molecule has 2 saturated carbocycles. The molecule has 0 bridgehead atoms. The summed E-state index contributed by atoms with van der Waals surface area (Å²) in [5.41, 5.74) is 1.59. The zero-order valence-corrected chi connectivity index (χ0v) is 17.6. The van der Waals surface area contributed by atoms with Crippen LogP contribution in [0.1, 0.15) is 11.1 Å². The fraction of sp³-hybridized carbons (Fsp3) is 0.0435. The molecule has 2 aromatic carbocycles. The molecule has 29 heavy (non-hydrogen) atoms. The Balaban J connectivity index is 0.000000437. The molecule has 0 aliphatic heterocycles. The molecule has 0 aromatic heterocycles. The Labute approximate surface area is 186 Å². The molecule has 0 heterocycles. The smallest absolute Gasteiger partial charge is 0.258 e. The fourth-order valence-corrected chi connectivity index (χ4v) is 3.98. The van der Waals surface area contributed by atoms with Crippen LogP contribution in [0.5, 0.6) is 0 Å². The zero-order valence-electron chi connectivity index (χ0n) is 15.7. The third-order valence-corrected chi connectivity index (χ3v) is 5.61. The van der Waals surface area contributed by atoms with E-state index in [-0.39, 0.29) is 22.8 Å². The first-order valence-corrected chi connectivity index (χ1v) is 9.87. The molecule has 4 rings (SSSR count). The van der Waals surface area contributed by atoms with Crippen molar-refractivity contribution in [1.82, 2.24) is 0 Å². The Hall–Kier alpha value is -1.49. The second-order valence-corrected chi connectivity index (χ2v) is 7.57. The van der Waals surface area contributed by atoms with Crippen LogP contribution in [0.3, 0.4) is 0 Å². The summed E-state index contributed by atoms with van der Waals surface area (Å²) in [4.78, 5) is 11.5. The number of hydrogen-bond acceptors (Lipinski definition) is 3. The van der Waals surface area contributed by atoms with Crippen LogP contribution in [0.15, 0.2) is 53.4 Å². The molecule has 2 aliphatic carbocycles. The number of benzene rings is 2. The molecular weight excluding hydrogens is 426 g/mol. The van der Waals surface area contributed by atoms with Gasteiger partial charge in [0.05, 0.1) is 21.0 Å². The molecule has 0 amide bonds. The number of para-hydroxylation sites is 1. The molecule has 4 nitrogen and oxygen atoms in total. The number of nitro benzene ring substituents is 1. The minimum atomic E-state index is -1.38. The summed E-state index contributed by atoms with van der Waals surface area (Å²) in [6.45, 7) is 1.97. The van der Waals surface area contributed by atoms with Gasteiger partial charge in [0.2, 0.25) is 0 Å². The van der Waals surface area contributed by atoms with E-state index >= 15 is 0 Å². The van der Waals surface area contributed by atoms with Gasteiger partial charge in [-0.15, -0.1) is 0 Å². The Bertz CT molecular complexity index is 814. The van der Waals surface area contributed by atoms with Crippen LogP contribution in [0.25, 0.3) is 0 Å². The van der Waals surface area contributed by atoms with E-state index in [2.05, 4.69) is 0 Å². The van der Waals surface area contributed by atoms with Gasteiger partial charge >= 0.3 is 17.1 Å². The van der Waals surface area contributed by atoms with Gasteiger partial charge in [-0.25, -0.2) is 0 Å². The van der Waals surface area contributed by atoms with E-state index < -0.39 is 15.7 Å². The van der Waals surface area contributed by atoms with E-state index in [1.165, 1.54) is 6.07 Å². The van der Waals surface area contributed by atoms with Gasteiger partial charge in [-0.05, 0) is 70.4 Å². The van der Waals surface area contributed by atoms with E-state index in [0.717, 1.165) is 5.56 Å². The third-order valence-electron chi connectivity index (χ3n) is 4.16. The molecule has 6 heteroatoms. The average molecular weight is 445 g/mol. The monoisotopic (exact) mass is 445 g/mol. The normalized spacial score (nSPS) is 17.8. The molecule has 1 atom stereocenters. The van der Waals surface area contributed by atoms with E-state index in [9.17, 15) is 14.3 Å². The summed E-state index contributed by atoms with van der Waals surface area (Å²) in [6, 6.07) is 14.0. The Kier molecular flexibility index (Phi) is 9.54. The summed E-state index contributed by atoms with van der Waals surface area (Å²) in [5.74, 6) is 0.635. The Morgan fingerprint density at radius 1 is 0.828 bits per heavy atom. The van der Waals surface area contributed by atoms with Crippen molar-refractivity contribution in [1.29, 1.82) is 0 Å². The third kappa shape index (κ3) is 6.24. The van der Waals surface area contributed by atoms with E-state index in [0.29, 0.717) is 21.6 Å². The predicted molar refractivity (Wildman–Crippen MR) is 111 cm³/mol. The molecule has 0 unspecified atom stereocenters. The second-order valence-electron chi connectivity index (χ2n) is 6.12. The van der Waals surface area contributed by atoms with Crippen molar-refractivity contribution in [2.45, 2.75) is 11.8 Å². The maximum Gasteiger partial charge on any atom is 2.00 e. The average Bonchev–Trinajstić information content (AvgIpc) is 3.43. The van der Waals surface area contributed by atoms with E-state index in [1.807, 2.05) is 63.3 Å². The first kappa shape index (κ1) is 23.8. The SMILES string of the molecule is Cc1ccc([S@@](=O)[C]2[CH][CH][CH][C]2c2ccccc2[N+](=O)[O-])cc1.[CH]1[CH][CH][CH][CH]1.[Fe+2]. The Morgan fingerprint density at radius 2 is 1.41 bits per heavy atom. The summed E-state index contributed by atoms with van der Waals surface area (Å²) in [6.07, 6.45) is 15.3. The largest absolute Gasteiger partial charge is 2.00 e. The van der Waals surface area contributed by atoms with Gasteiger partial charge in [0.15, 0.2) is 0 Å². The molecular formula is C23H19FeNO3S+2. The number of rotatable bonds is 4. The summed E-state index contributed by atoms with van der Waals surface area (Å²) in [7, 11) is -1.38. The predicted octanol–water partition coefficient (Wildman–Crippen LogP) is 4.81. The van der Waals surface area contributed by atoms with E-state index in [4.69, 9.17) is 0 Å². The molecule has 0 N–H and O–H groups in total. The van der Waals surface area contributed by atoms with Crippen molar-refractivity contribution >= 4 is 16.5 Å². The number of aryl methyl sites for hydroxylation is 1. The van der Waals surface area contributed by atoms with Crippen LogP contribution in [0, 0.1) is 79.6 Å². The van der Waals surface area contributed by atoms with Crippen LogP contribution in [0.2, 0.25) is 0 Å². The maximum absolute atomic E-state index is 12.8. The molecule has 10 radical (unpaired) electrons. The molecule has 0 spiro atoms. The molecule has 2 aliphatic rings. The minimum Gasteiger partial charge on any atom is -0.258 e. The second kappa shape index (κ2) is 11.6. The van der Waals surface area contributed by atoms with Gasteiger partial charge in [-0.3, -0.25) is 14.3 Å². The van der Waals surface area contributed by atoms with Crippen molar-refractivity contribution in [3.63, 3.8) is 0 Å². The van der Waals surface area contributed by atoms with Crippen LogP contribution >= 0.6 is 0 Å². The molecule has 146 valence electrons. The van der Waals surface area contributed by atoms with Crippen molar-refractivity contribution in [2.75, 3.05) is 0 Å². The van der Waals surface area contributed by atoms with Gasteiger partial charge in [-0.2, -0.15) is 0 Å². The van der Waals surface area contributed by atoms with Crippen LogP contribution in [-0.2, 0) is 27.9 Å². The Morgan fingerprint density at radius 3 is 2.00 bits per heavy atom. The maximum atomic E-state index is 12.8. The quantitative estimate of drug-likeness (QED) is 0.386. The zero-order chi connectivity index (χ0) is 19.9. The van der Waals surface area contributed by atoms with Gasteiger partial charge in [0, 0.05) is 22.4 Å². The van der Waals surface area contributed by atoms with Crippen molar-refractivity contribution in [2.24, 2.45) is 0 Å². The molecule has 0 saturated heterocycles. The standard InChI is InChI=1S/C18H14NO3S.C5H5.Fe/c1-13-9-11-14(12-10-13)23(22)18-8-4-6-16(18)15-5-2-3-7-17(15)19(20)21;1-2-4-5-3-1;/h2-12H,1H3;1-5H;/q;;+2/t23-;;/m1../s1. The first-order valence-electron chi connectivity index (χ1n) is 8.72. The summed E-state index contributed by atoms with van der Waals surface area (Å²) < 4.78 is 12.8. The number of nitro groups is 1. The number of nitrogens with zero attached hydrogens (tertiary/aromatic N) is 1. The topological polar surface area (TPSA) is 60.2 Å². The van der Waals surface area contributed by atoms with Crippen molar-refractivity contribution < 1.29 is 26.2 Å². The van der Waals surface area contributed by atoms with Gasteiger partial charge in [0.1, 0.15) is 0 Å². The van der Waals surface area contributed by atoms with E-state index in [1.54, 1.807) is 37.5 Å². The number of hydrogen-bond donors (Lipinski definition) is 0. The van der Waals surface area contributed by atoms with Gasteiger partial charge in [-0.1, -0.05) is 35.9 Å². The fourth-order valence-electron chi connectivity index (χ4n) is 2.76. The van der Waals surface area contributed by atoms with Crippen LogP contribution in [0.4, 0.5) is 5.69 Å². The van der Waals surface area contributed by atoms with Crippen LogP contribution in [-0.4, -0.2) is 9.13 Å². The summed E-state index contributed by atoms with van der Waals surface area (Å²) >= 11 is 0. The van der Waals surface area contributed by atoms with Crippen molar-refractivity contribution in [3.8, 4) is 0 Å². The van der Waals surface area contributed by atoms with Gasteiger partial charge in [0.25, 0.3) is 5.69 Å². The minimum absolute atomic E-state index is 0. The van der Waals surface area contributed by atoms with Crippen molar-refractivity contribution in [3.05, 3.63) is 132 Å². The molecule has 2 fully saturated rings.